The summed E-state index contributed by atoms with van der Waals surface area (Å²) < 4.78 is 7.23. The number of hydrogen-bond acceptors (Lipinski definition) is 2. The van der Waals surface area contributed by atoms with Gasteiger partial charge < -0.3 is 9.30 Å². The van der Waals surface area contributed by atoms with Crippen LogP contribution < -0.4 is 0 Å². The molecule has 0 saturated heterocycles. The van der Waals surface area contributed by atoms with E-state index < -0.39 is 0 Å². The third-order valence-corrected chi connectivity index (χ3v) is 5.23. The Labute approximate surface area is 132 Å². The second-order valence-electron chi connectivity index (χ2n) is 6.58. The summed E-state index contributed by atoms with van der Waals surface area (Å²) in [6.45, 7) is 4.46. The van der Waals surface area contributed by atoms with Gasteiger partial charge in [0, 0.05) is 23.1 Å². The predicted octanol–water partition coefficient (Wildman–Crippen LogP) is 4.88. The number of ether oxygens (including phenoxy) is 1. The van der Waals surface area contributed by atoms with Crippen molar-refractivity contribution in [1.29, 1.82) is 0 Å². The van der Waals surface area contributed by atoms with Crippen LogP contribution in [-0.4, -0.2) is 17.6 Å². The van der Waals surface area contributed by atoms with Gasteiger partial charge in [-0.25, -0.2) is 4.79 Å². The molecule has 1 aliphatic rings. The summed E-state index contributed by atoms with van der Waals surface area (Å²) in [5, 5.41) is 1.23. The van der Waals surface area contributed by atoms with Gasteiger partial charge in [-0.15, -0.1) is 0 Å². The van der Waals surface area contributed by atoms with E-state index in [4.69, 9.17) is 4.74 Å². The Morgan fingerprint density at radius 3 is 2.68 bits per heavy atom. The maximum atomic E-state index is 11.8. The van der Waals surface area contributed by atoms with E-state index in [1.165, 1.54) is 50.2 Å². The normalized spacial score (nSPS) is 17.6. The summed E-state index contributed by atoms with van der Waals surface area (Å²) >= 11 is 0. The third-order valence-electron chi connectivity index (χ3n) is 5.23. The number of carbonyl (C=O) groups excluding carboxylic acids is 1. The van der Waals surface area contributed by atoms with Crippen LogP contribution in [0.2, 0.25) is 0 Å². The number of benzene rings is 1. The van der Waals surface area contributed by atoms with Crippen LogP contribution in [0.15, 0.2) is 24.4 Å². The van der Waals surface area contributed by atoms with Crippen molar-refractivity contribution in [3.05, 3.63) is 35.5 Å². The second kappa shape index (κ2) is 6.15. The molecule has 0 aliphatic heterocycles. The molecule has 2 aromatic rings. The fourth-order valence-corrected chi connectivity index (χ4v) is 3.85. The molecule has 1 saturated carbocycles. The van der Waals surface area contributed by atoms with E-state index in [-0.39, 0.29) is 5.97 Å². The fourth-order valence-electron chi connectivity index (χ4n) is 3.85. The molecule has 1 aliphatic carbocycles. The Balaban J connectivity index is 2.02. The Kier molecular flexibility index (Phi) is 4.23. The molecular weight excluding hydrogens is 274 g/mol. The number of hydrogen-bond donors (Lipinski definition) is 0. The maximum absolute atomic E-state index is 11.8. The highest BCUT2D eigenvalue weighted by atomic mass is 16.5. The Morgan fingerprint density at radius 1 is 1.27 bits per heavy atom. The van der Waals surface area contributed by atoms with Crippen LogP contribution in [-0.2, 0) is 4.74 Å². The summed E-state index contributed by atoms with van der Waals surface area (Å²) in [6, 6.07) is 6.36. The molecule has 1 atom stereocenters. The molecule has 3 rings (SSSR count). The number of aromatic nitrogens is 1. The van der Waals surface area contributed by atoms with Crippen molar-refractivity contribution in [1.82, 2.24) is 4.57 Å². The third kappa shape index (κ3) is 2.65. The summed E-state index contributed by atoms with van der Waals surface area (Å²) in [7, 11) is 1.43. The number of rotatable bonds is 3. The Bertz CT molecular complexity index is 680. The Hall–Kier alpha value is -1.77. The minimum Gasteiger partial charge on any atom is -0.465 e. The van der Waals surface area contributed by atoms with Crippen molar-refractivity contribution in [2.24, 2.45) is 5.92 Å². The molecule has 1 aromatic carbocycles. The van der Waals surface area contributed by atoms with Crippen molar-refractivity contribution < 1.29 is 9.53 Å². The van der Waals surface area contributed by atoms with E-state index in [1.54, 1.807) is 0 Å². The van der Waals surface area contributed by atoms with Crippen LogP contribution in [0.25, 0.3) is 10.9 Å². The molecule has 3 heteroatoms. The number of carbonyl (C=O) groups is 1. The van der Waals surface area contributed by atoms with Gasteiger partial charge in [-0.2, -0.15) is 0 Å². The number of fused-ring (bicyclic) bond motifs is 1. The van der Waals surface area contributed by atoms with Crippen molar-refractivity contribution in [3.63, 3.8) is 0 Å². The van der Waals surface area contributed by atoms with Crippen LogP contribution in [0.3, 0.4) is 0 Å². The summed E-state index contributed by atoms with van der Waals surface area (Å²) in [4.78, 5) is 11.8. The first-order valence-corrected chi connectivity index (χ1v) is 8.31. The lowest BCUT2D eigenvalue weighted by atomic mass is 9.84. The molecule has 1 fully saturated rings. The lowest BCUT2D eigenvalue weighted by Gasteiger charge is -2.29. The van der Waals surface area contributed by atoms with Crippen molar-refractivity contribution in [2.75, 3.05) is 7.11 Å². The molecule has 0 bridgehead atoms. The van der Waals surface area contributed by atoms with Crippen molar-refractivity contribution in [2.45, 2.75) is 52.0 Å². The molecule has 1 heterocycles. The average molecular weight is 299 g/mol. The molecule has 1 unspecified atom stereocenters. The average Bonchev–Trinajstić information content (AvgIpc) is 2.90. The molecule has 3 nitrogen and oxygen atoms in total. The number of esters is 1. The molecule has 0 N–H and O–H groups in total. The molecule has 1 aromatic heterocycles. The summed E-state index contributed by atoms with van der Waals surface area (Å²) in [6.07, 6.45) is 8.94. The van der Waals surface area contributed by atoms with Crippen LogP contribution in [0, 0.1) is 12.8 Å². The van der Waals surface area contributed by atoms with Crippen LogP contribution in [0.1, 0.15) is 61.0 Å². The fraction of sp³-hybridized carbons (Fsp3) is 0.526. The zero-order valence-corrected chi connectivity index (χ0v) is 13.8. The molecule has 22 heavy (non-hydrogen) atoms. The van der Waals surface area contributed by atoms with Gasteiger partial charge in [-0.05, 0) is 50.3 Å². The minimum atomic E-state index is -0.266. The second-order valence-corrected chi connectivity index (χ2v) is 6.58. The summed E-state index contributed by atoms with van der Waals surface area (Å²) in [5.41, 5.74) is 3.05. The lowest BCUT2D eigenvalue weighted by molar-refractivity contribution is 0.0601. The highest BCUT2D eigenvalue weighted by Gasteiger charge is 2.23. The molecule has 0 spiro atoms. The molecular formula is C19H25NO2. The van der Waals surface area contributed by atoms with Gasteiger partial charge in [0.15, 0.2) is 0 Å². The number of nitrogens with zero attached hydrogens (tertiary/aromatic N) is 1. The smallest absolute Gasteiger partial charge is 0.337 e. The van der Waals surface area contributed by atoms with Crippen LogP contribution >= 0.6 is 0 Å². The first-order valence-electron chi connectivity index (χ1n) is 8.31. The van der Waals surface area contributed by atoms with Crippen LogP contribution in [0.5, 0.6) is 0 Å². The highest BCUT2D eigenvalue weighted by Crippen LogP contribution is 2.35. The summed E-state index contributed by atoms with van der Waals surface area (Å²) in [5.74, 6) is 0.475. The van der Waals surface area contributed by atoms with E-state index in [1.807, 2.05) is 18.2 Å². The molecule has 118 valence electrons. The van der Waals surface area contributed by atoms with Crippen LogP contribution in [0.4, 0.5) is 0 Å². The zero-order valence-electron chi connectivity index (χ0n) is 13.8. The van der Waals surface area contributed by atoms with Gasteiger partial charge in [0.25, 0.3) is 0 Å². The zero-order chi connectivity index (χ0) is 15.7. The minimum absolute atomic E-state index is 0.266. The molecule has 0 radical (unpaired) electrons. The van der Waals surface area contributed by atoms with E-state index in [9.17, 15) is 4.79 Å². The first kappa shape index (κ1) is 15.1. The largest absolute Gasteiger partial charge is 0.465 e. The van der Waals surface area contributed by atoms with E-state index >= 15 is 0 Å². The van der Waals surface area contributed by atoms with Gasteiger partial charge in [0.2, 0.25) is 0 Å². The van der Waals surface area contributed by atoms with E-state index in [0.29, 0.717) is 11.6 Å². The SMILES string of the molecule is COC(=O)c1ccc2c(C)cn(C(C)C3CCCCC3)c2c1. The lowest BCUT2D eigenvalue weighted by Crippen LogP contribution is -2.18. The van der Waals surface area contributed by atoms with Gasteiger partial charge in [-0.3, -0.25) is 0 Å². The highest BCUT2D eigenvalue weighted by molar-refractivity contribution is 5.95. The standard InChI is InChI=1S/C19H25NO2/c1-13-12-20(14(2)15-7-5-4-6-8-15)18-11-16(19(21)22-3)9-10-17(13)18/h9-12,14-15H,4-8H2,1-3H3. The number of aryl methyl sites for hydroxylation is 1. The van der Waals surface area contributed by atoms with Gasteiger partial charge in [-0.1, -0.05) is 25.3 Å². The van der Waals surface area contributed by atoms with Gasteiger partial charge >= 0.3 is 5.97 Å². The van der Waals surface area contributed by atoms with Gasteiger partial charge in [0.1, 0.15) is 0 Å². The quantitative estimate of drug-likeness (QED) is 0.756. The Morgan fingerprint density at radius 2 is 2.00 bits per heavy atom. The van der Waals surface area contributed by atoms with E-state index in [0.717, 1.165) is 11.4 Å². The predicted molar refractivity (Wildman–Crippen MR) is 89.3 cm³/mol. The molecule has 0 amide bonds. The first-order chi connectivity index (χ1) is 10.6. The van der Waals surface area contributed by atoms with E-state index in [2.05, 4.69) is 24.6 Å². The maximum Gasteiger partial charge on any atom is 0.337 e. The topological polar surface area (TPSA) is 31.2 Å². The van der Waals surface area contributed by atoms with Gasteiger partial charge in [0.05, 0.1) is 12.7 Å². The number of methoxy groups -OCH3 is 1. The van der Waals surface area contributed by atoms with Crippen molar-refractivity contribution >= 4 is 16.9 Å². The van der Waals surface area contributed by atoms with Crippen molar-refractivity contribution in [3.8, 4) is 0 Å². The monoisotopic (exact) mass is 299 g/mol.